The first kappa shape index (κ1) is 21.3. The van der Waals surface area contributed by atoms with Crippen molar-refractivity contribution in [3.8, 4) is 5.69 Å². The Balaban J connectivity index is 1.60. The summed E-state index contributed by atoms with van der Waals surface area (Å²) >= 11 is 1.31. The molecule has 0 aliphatic heterocycles. The van der Waals surface area contributed by atoms with E-state index in [0.29, 0.717) is 4.88 Å². The second kappa shape index (κ2) is 10.4. The number of carboxylic acid groups (broad SMARTS) is 1. The van der Waals surface area contributed by atoms with Crippen molar-refractivity contribution in [3.05, 3.63) is 75.5 Å². The minimum Gasteiger partial charge on any atom is -0.477 e. The number of aromatic carboxylic acids is 1. The molecule has 3 rings (SSSR count). The summed E-state index contributed by atoms with van der Waals surface area (Å²) in [4.78, 5) is 12.4. The van der Waals surface area contributed by atoms with Crippen LogP contribution in [0.4, 0.5) is 4.39 Å². The van der Waals surface area contributed by atoms with E-state index in [4.69, 9.17) is 5.11 Å². The van der Waals surface area contributed by atoms with Crippen LogP contribution in [0.15, 0.2) is 48.5 Å². The molecule has 0 spiro atoms. The van der Waals surface area contributed by atoms with E-state index in [2.05, 4.69) is 19.1 Å². The minimum atomic E-state index is -0.883. The third kappa shape index (κ3) is 5.80. The quantitative estimate of drug-likeness (QED) is 0.357. The van der Waals surface area contributed by atoms with E-state index in [-0.39, 0.29) is 5.95 Å². The lowest BCUT2D eigenvalue weighted by atomic mass is 10.1. The van der Waals surface area contributed by atoms with Gasteiger partial charge in [0, 0.05) is 16.3 Å². The van der Waals surface area contributed by atoms with Crippen LogP contribution in [-0.4, -0.2) is 15.6 Å². The molecule has 1 N–H and O–H groups in total. The molecule has 0 radical (unpaired) electrons. The summed E-state index contributed by atoms with van der Waals surface area (Å²) in [6, 6.07) is 15.1. The van der Waals surface area contributed by atoms with Crippen LogP contribution in [0.1, 0.15) is 64.8 Å². The van der Waals surface area contributed by atoms with Gasteiger partial charge in [-0.2, -0.15) is 4.39 Å². The number of benzene rings is 1. The van der Waals surface area contributed by atoms with Gasteiger partial charge in [-0.1, -0.05) is 38.3 Å². The van der Waals surface area contributed by atoms with Gasteiger partial charge in [0.05, 0.1) is 0 Å². The van der Waals surface area contributed by atoms with E-state index in [9.17, 15) is 9.18 Å². The van der Waals surface area contributed by atoms with Crippen LogP contribution >= 0.6 is 11.3 Å². The molecule has 0 unspecified atom stereocenters. The van der Waals surface area contributed by atoms with Crippen molar-refractivity contribution in [1.82, 2.24) is 4.57 Å². The second-order valence-electron chi connectivity index (χ2n) is 7.38. The molecule has 0 saturated heterocycles. The number of halogens is 1. The van der Waals surface area contributed by atoms with Crippen molar-refractivity contribution < 1.29 is 14.3 Å². The normalized spacial score (nSPS) is 11.1. The fourth-order valence-electron chi connectivity index (χ4n) is 3.57. The van der Waals surface area contributed by atoms with Gasteiger partial charge in [0.2, 0.25) is 0 Å². The number of thiophene rings is 1. The first-order valence-corrected chi connectivity index (χ1v) is 11.2. The number of unbranched alkanes of at least 4 members (excludes halogenated alkanes) is 3. The van der Waals surface area contributed by atoms with E-state index in [0.717, 1.165) is 41.9 Å². The number of nitrogens with zero attached hydrogens (tertiary/aromatic N) is 1. The number of carboxylic acids is 1. The Morgan fingerprint density at radius 2 is 1.72 bits per heavy atom. The zero-order chi connectivity index (χ0) is 20.6. The van der Waals surface area contributed by atoms with E-state index in [1.54, 1.807) is 10.6 Å². The molecule has 0 fully saturated rings. The maximum Gasteiger partial charge on any atom is 0.345 e. The summed E-state index contributed by atoms with van der Waals surface area (Å²) in [7, 11) is 0. The summed E-state index contributed by atoms with van der Waals surface area (Å²) in [5, 5.41) is 9.02. The predicted octanol–water partition coefficient (Wildman–Crippen LogP) is 6.67. The number of hydrogen-bond acceptors (Lipinski definition) is 2. The third-order valence-electron chi connectivity index (χ3n) is 5.16. The van der Waals surface area contributed by atoms with Gasteiger partial charge in [-0.3, -0.25) is 4.57 Å². The van der Waals surface area contributed by atoms with Gasteiger partial charge in [-0.05, 0) is 74.1 Å². The van der Waals surface area contributed by atoms with Gasteiger partial charge < -0.3 is 5.11 Å². The second-order valence-corrected chi connectivity index (χ2v) is 8.55. The standard InChI is InChI=1S/C24H28FNO2S/c1-2-3-4-5-7-18-10-12-20(13-11-18)26-19(14-17-23(26)25)8-6-9-21-15-16-22(29-21)24(27)28/h10-17H,2-9H2,1H3,(H,27,28). The highest BCUT2D eigenvalue weighted by atomic mass is 32.1. The first-order chi connectivity index (χ1) is 14.1. The molecule has 2 aromatic heterocycles. The first-order valence-electron chi connectivity index (χ1n) is 10.4. The van der Waals surface area contributed by atoms with Gasteiger partial charge in [0.1, 0.15) is 4.88 Å². The molecule has 5 heteroatoms. The molecule has 154 valence electrons. The van der Waals surface area contributed by atoms with Crippen molar-refractivity contribution in [1.29, 1.82) is 0 Å². The number of carbonyl (C=O) groups is 1. The monoisotopic (exact) mass is 413 g/mol. The molecular formula is C24H28FNO2S. The Bertz CT molecular complexity index is 927. The fourth-order valence-corrected chi connectivity index (χ4v) is 4.46. The summed E-state index contributed by atoms with van der Waals surface area (Å²) in [5.74, 6) is -1.13. The van der Waals surface area contributed by atoms with E-state index in [1.165, 1.54) is 48.6 Å². The summed E-state index contributed by atoms with van der Waals surface area (Å²) in [6.07, 6.45) is 8.42. The molecule has 0 amide bonds. The number of aryl methyl sites for hydroxylation is 3. The Morgan fingerprint density at radius 1 is 0.931 bits per heavy atom. The third-order valence-corrected chi connectivity index (χ3v) is 6.29. The summed E-state index contributed by atoms with van der Waals surface area (Å²) < 4.78 is 16.1. The number of rotatable bonds is 11. The highest BCUT2D eigenvalue weighted by molar-refractivity contribution is 7.13. The lowest BCUT2D eigenvalue weighted by Crippen LogP contribution is -2.03. The van der Waals surface area contributed by atoms with Gasteiger partial charge in [0.25, 0.3) is 0 Å². The van der Waals surface area contributed by atoms with E-state index >= 15 is 0 Å². The molecule has 0 saturated carbocycles. The van der Waals surface area contributed by atoms with E-state index < -0.39 is 5.97 Å². The molecule has 0 aliphatic rings. The zero-order valence-electron chi connectivity index (χ0n) is 16.9. The molecule has 29 heavy (non-hydrogen) atoms. The van der Waals surface area contributed by atoms with Crippen LogP contribution in [-0.2, 0) is 19.3 Å². The van der Waals surface area contributed by atoms with Crippen molar-refractivity contribution in [2.75, 3.05) is 0 Å². The highest BCUT2D eigenvalue weighted by Gasteiger charge is 2.11. The van der Waals surface area contributed by atoms with Gasteiger partial charge in [0.15, 0.2) is 5.95 Å². The van der Waals surface area contributed by atoms with E-state index in [1.807, 2.05) is 24.3 Å². The number of hydrogen-bond donors (Lipinski definition) is 1. The smallest absolute Gasteiger partial charge is 0.345 e. The average Bonchev–Trinajstić information content (AvgIpc) is 3.33. The Morgan fingerprint density at radius 3 is 2.41 bits per heavy atom. The summed E-state index contributed by atoms with van der Waals surface area (Å²) in [6.45, 7) is 2.21. The fraction of sp³-hybridized carbons (Fsp3) is 0.375. The van der Waals surface area contributed by atoms with Crippen molar-refractivity contribution in [2.24, 2.45) is 0 Å². The van der Waals surface area contributed by atoms with Gasteiger partial charge in [-0.15, -0.1) is 11.3 Å². The predicted molar refractivity (Wildman–Crippen MR) is 117 cm³/mol. The molecule has 0 bridgehead atoms. The van der Waals surface area contributed by atoms with Crippen molar-refractivity contribution in [2.45, 2.75) is 58.3 Å². The van der Waals surface area contributed by atoms with Gasteiger partial charge >= 0.3 is 5.97 Å². The van der Waals surface area contributed by atoms with Crippen LogP contribution in [0.3, 0.4) is 0 Å². The lowest BCUT2D eigenvalue weighted by molar-refractivity contribution is 0.0702. The molecule has 3 aromatic rings. The van der Waals surface area contributed by atoms with Crippen LogP contribution in [0.25, 0.3) is 5.69 Å². The molecule has 1 aromatic carbocycles. The molecular weight excluding hydrogens is 385 g/mol. The van der Waals surface area contributed by atoms with Crippen LogP contribution < -0.4 is 0 Å². The topological polar surface area (TPSA) is 42.2 Å². The number of aromatic nitrogens is 1. The highest BCUT2D eigenvalue weighted by Crippen LogP contribution is 2.22. The Kier molecular flexibility index (Phi) is 7.64. The Hall–Kier alpha value is -2.40. The van der Waals surface area contributed by atoms with Crippen molar-refractivity contribution >= 4 is 17.3 Å². The Labute approximate surface area is 175 Å². The SMILES string of the molecule is CCCCCCc1ccc(-n2c(F)ccc2CCCc2ccc(C(=O)O)s2)cc1. The zero-order valence-corrected chi connectivity index (χ0v) is 17.7. The minimum absolute atomic E-state index is 0.250. The molecule has 2 heterocycles. The van der Waals surface area contributed by atoms with Crippen LogP contribution in [0.5, 0.6) is 0 Å². The molecule has 3 nitrogen and oxygen atoms in total. The van der Waals surface area contributed by atoms with Crippen molar-refractivity contribution in [3.63, 3.8) is 0 Å². The average molecular weight is 414 g/mol. The maximum absolute atomic E-state index is 14.4. The van der Waals surface area contributed by atoms with Crippen LogP contribution in [0.2, 0.25) is 0 Å². The molecule has 0 aliphatic carbocycles. The largest absolute Gasteiger partial charge is 0.477 e. The maximum atomic E-state index is 14.4. The molecule has 0 atom stereocenters. The van der Waals surface area contributed by atoms with Gasteiger partial charge in [-0.25, -0.2) is 4.79 Å². The van der Waals surface area contributed by atoms with Crippen LogP contribution in [0, 0.1) is 5.95 Å². The summed E-state index contributed by atoms with van der Waals surface area (Å²) in [5.41, 5.74) is 3.09. The lowest BCUT2D eigenvalue weighted by Gasteiger charge is -2.11.